The van der Waals surface area contributed by atoms with Gasteiger partial charge in [0, 0.05) is 5.88 Å². The van der Waals surface area contributed by atoms with E-state index >= 15 is 0 Å². The average molecular weight is 337 g/mol. The van der Waals surface area contributed by atoms with Gasteiger partial charge in [-0.3, -0.25) is 4.79 Å². The van der Waals surface area contributed by atoms with Gasteiger partial charge in [-0.1, -0.05) is 19.9 Å². The molecule has 0 heterocycles. The summed E-state index contributed by atoms with van der Waals surface area (Å²) in [5.74, 6) is -0.434. The minimum atomic E-state index is -0.452. The zero-order valence-electron chi connectivity index (χ0n) is 10.4. The van der Waals surface area contributed by atoms with Crippen LogP contribution in [0.15, 0.2) is 22.7 Å². The van der Waals surface area contributed by atoms with Crippen molar-refractivity contribution in [2.75, 3.05) is 5.88 Å². The lowest BCUT2D eigenvalue weighted by atomic mass is 9.94. The third kappa shape index (κ3) is 3.23. The van der Waals surface area contributed by atoms with Crippen molar-refractivity contribution in [1.29, 1.82) is 0 Å². The van der Waals surface area contributed by atoms with Crippen molar-refractivity contribution in [2.24, 2.45) is 0 Å². The summed E-state index contributed by atoms with van der Waals surface area (Å²) in [4.78, 5) is 12.1. The molecule has 1 rings (SSSR count). The van der Waals surface area contributed by atoms with E-state index in [1.165, 1.54) is 12.1 Å². The number of benzene rings is 1. The van der Waals surface area contributed by atoms with Crippen LogP contribution in [0.4, 0.5) is 4.39 Å². The maximum atomic E-state index is 13.4. The molecule has 0 bridgehead atoms. The van der Waals surface area contributed by atoms with Crippen molar-refractivity contribution < 1.29 is 9.18 Å². The molecule has 0 aromatic heterocycles. The summed E-state index contributed by atoms with van der Waals surface area (Å²) >= 11 is 9.01. The predicted molar refractivity (Wildman–Crippen MR) is 75.6 cm³/mol. The van der Waals surface area contributed by atoms with Gasteiger partial charge in [-0.15, -0.1) is 11.6 Å². The third-order valence-corrected chi connectivity index (χ3v) is 4.50. The molecule has 0 saturated heterocycles. The molecule has 0 aliphatic rings. The van der Waals surface area contributed by atoms with Crippen molar-refractivity contribution in [1.82, 2.24) is 5.32 Å². The minimum absolute atomic E-state index is 0.179. The zero-order chi connectivity index (χ0) is 13.8. The molecule has 1 aromatic rings. The molecular weight excluding hydrogens is 321 g/mol. The summed E-state index contributed by atoms with van der Waals surface area (Å²) in [6, 6.07) is 4.39. The number of amides is 1. The SMILES string of the molecule is CCC(CC)(CCl)NC(=O)c1cccc(F)c1Br. The Morgan fingerprint density at radius 1 is 1.44 bits per heavy atom. The summed E-state index contributed by atoms with van der Waals surface area (Å²) in [5, 5.41) is 2.90. The number of alkyl halides is 1. The van der Waals surface area contributed by atoms with Crippen LogP contribution in [-0.2, 0) is 0 Å². The van der Waals surface area contributed by atoms with Gasteiger partial charge in [0.15, 0.2) is 0 Å². The second-order valence-corrected chi connectivity index (χ2v) is 5.24. The standard InChI is InChI=1S/C13H16BrClFNO/c1-3-13(4-2,8-15)17-12(18)9-6-5-7-10(16)11(9)14/h5-7H,3-4,8H2,1-2H3,(H,17,18). The highest BCUT2D eigenvalue weighted by Gasteiger charge is 2.28. The summed E-state index contributed by atoms with van der Waals surface area (Å²) in [7, 11) is 0. The fraction of sp³-hybridized carbons (Fsp3) is 0.462. The normalized spacial score (nSPS) is 11.4. The first kappa shape index (κ1) is 15.4. The van der Waals surface area contributed by atoms with Crippen LogP contribution in [-0.4, -0.2) is 17.3 Å². The number of hydrogen-bond donors (Lipinski definition) is 1. The largest absolute Gasteiger partial charge is 0.345 e. The lowest BCUT2D eigenvalue weighted by Crippen LogP contribution is -2.49. The fourth-order valence-electron chi connectivity index (χ4n) is 1.64. The third-order valence-electron chi connectivity index (χ3n) is 3.18. The quantitative estimate of drug-likeness (QED) is 0.805. The monoisotopic (exact) mass is 335 g/mol. The number of rotatable bonds is 5. The highest BCUT2D eigenvalue weighted by molar-refractivity contribution is 9.10. The number of carbonyl (C=O) groups is 1. The van der Waals surface area contributed by atoms with Crippen molar-refractivity contribution in [2.45, 2.75) is 32.2 Å². The Hall–Kier alpha value is -0.610. The topological polar surface area (TPSA) is 29.1 Å². The summed E-state index contributed by atoms with van der Waals surface area (Å²) in [5.41, 5.74) is -0.156. The molecule has 0 aliphatic heterocycles. The van der Waals surface area contributed by atoms with E-state index in [1.807, 2.05) is 13.8 Å². The Bertz CT molecular complexity index is 427. The summed E-state index contributed by atoms with van der Waals surface area (Å²) < 4.78 is 13.5. The first-order valence-electron chi connectivity index (χ1n) is 5.82. The Labute approximate surface area is 120 Å². The molecule has 5 heteroatoms. The Morgan fingerprint density at radius 2 is 2.06 bits per heavy atom. The van der Waals surface area contributed by atoms with Crippen LogP contribution in [0.3, 0.4) is 0 Å². The molecule has 1 aromatic carbocycles. The zero-order valence-corrected chi connectivity index (χ0v) is 12.7. The average Bonchev–Trinajstić information content (AvgIpc) is 2.39. The number of nitrogens with one attached hydrogen (secondary N) is 1. The van der Waals surface area contributed by atoms with Crippen molar-refractivity contribution >= 4 is 33.4 Å². The van der Waals surface area contributed by atoms with Crippen LogP contribution in [0, 0.1) is 5.82 Å². The van der Waals surface area contributed by atoms with Gasteiger partial charge in [0.05, 0.1) is 15.6 Å². The minimum Gasteiger partial charge on any atom is -0.345 e. The van der Waals surface area contributed by atoms with Crippen LogP contribution in [0.5, 0.6) is 0 Å². The Balaban J connectivity index is 2.98. The second kappa shape index (κ2) is 6.53. The highest BCUT2D eigenvalue weighted by Crippen LogP contribution is 2.23. The van der Waals surface area contributed by atoms with Gasteiger partial charge in [0.2, 0.25) is 0 Å². The van der Waals surface area contributed by atoms with Crippen molar-refractivity contribution in [3.63, 3.8) is 0 Å². The fourth-order valence-corrected chi connectivity index (χ4v) is 2.53. The van der Waals surface area contributed by atoms with Crippen LogP contribution in [0.2, 0.25) is 0 Å². The van der Waals surface area contributed by atoms with Gasteiger partial charge < -0.3 is 5.32 Å². The molecule has 0 radical (unpaired) electrons. The Morgan fingerprint density at radius 3 is 2.56 bits per heavy atom. The van der Waals surface area contributed by atoms with Gasteiger partial charge in [0.1, 0.15) is 5.82 Å². The highest BCUT2D eigenvalue weighted by atomic mass is 79.9. The lowest BCUT2D eigenvalue weighted by molar-refractivity contribution is 0.0901. The van der Waals surface area contributed by atoms with Crippen molar-refractivity contribution in [3.8, 4) is 0 Å². The molecule has 2 nitrogen and oxygen atoms in total. The summed E-state index contributed by atoms with van der Waals surface area (Å²) in [6.07, 6.45) is 1.46. The van der Waals surface area contributed by atoms with Crippen LogP contribution >= 0.6 is 27.5 Å². The smallest absolute Gasteiger partial charge is 0.253 e. The van der Waals surface area contributed by atoms with E-state index in [4.69, 9.17) is 11.6 Å². The molecule has 0 atom stereocenters. The predicted octanol–water partition coefficient (Wildman–Crippen LogP) is 4.12. The second-order valence-electron chi connectivity index (χ2n) is 4.18. The summed E-state index contributed by atoms with van der Waals surface area (Å²) in [6.45, 7) is 3.93. The van der Waals surface area contributed by atoms with Gasteiger partial charge in [-0.25, -0.2) is 4.39 Å². The van der Waals surface area contributed by atoms with E-state index < -0.39 is 11.4 Å². The molecule has 1 amide bonds. The number of carbonyl (C=O) groups excluding carboxylic acids is 1. The van der Waals surface area contributed by atoms with Crippen LogP contribution < -0.4 is 5.32 Å². The molecule has 100 valence electrons. The van der Waals surface area contributed by atoms with Crippen molar-refractivity contribution in [3.05, 3.63) is 34.1 Å². The molecule has 1 N–H and O–H groups in total. The molecule has 18 heavy (non-hydrogen) atoms. The van der Waals surface area contributed by atoms with Gasteiger partial charge in [-0.05, 0) is 40.9 Å². The van der Waals surface area contributed by atoms with E-state index in [1.54, 1.807) is 6.07 Å². The van der Waals surface area contributed by atoms with Gasteiger partial charge >= 0.3 is 0 Å². The van der Waals surface area contributed by atoms with Gasteiger partial charge in [0.25, 0.3) is 5.91 Å². The maximum Gasteiger partial charge on any atom is 0.253 e. The van der Waals surface area contributed by atoms with E-state index in [2.05, 4.69) is 21.2 Å². The molecule has 0 spiro atoms. The van der Waals surface area contributed by atoms with E-state index in [0.717, 1.165) is 12.8 Å². The molecule has 0 aliphatic carbocycles. The van der Waals surface area contributed by atoms with E-state index in [9.17, 15) is 9.18 Å². The Kier molecular flexibility index (Phi) is 5.60. The molecule has 0 unspecified atom stereocenters. The molecule has 0 saturated carbocycles. The first-order valence-corrected chi connectivity index (χ1v) is 7.15. The van der Waals surface area contributed by atoms with Crippen LogP contribution in [0.25, 0.3) is 0 Å². The maximum absolute atomic E-state index is 13.4. The first-order chi connectivity index (χ1) is 8.49. The number of hydrogen-bond acceptors (Lipinski definition) is 1. The lowest BCUT2D eigenvalue weighted by Gasteiger charge is -2.30. The van der Waals surface area contributed by atoms with Crippen LogP contribution in [0.1, 0.15) is 37.0 Å². The molecular formula is C13H16BrClFNO. The number of halogens is 3. The van der Waals surface area contributed by atoms with E-state index in [0.29, 0.717) is 5.88 Å². The van der Waals surface area contributed by atoms with E-state index in [-0.39, 0.29) is 15.9 Å². The molecule has 0 fully saturated rings. The van der Waals surface area contributed by atoms with Gasteiger partial charge in [-0.2, -0.15) is 0 Å².